The monoisotopic (exact) mass is 447 g/mol. The first kappa shape index (κ1) is 23.8. The number of ether oxygens (including phenoxy) is 2. The molecule has 2 N–H and O–H groups in total. The zero-order chi connectivity index (χ0) is 23.3. The molecule has 0 aliphatic rings. The first-order valence-corrected chi connectivity index (χ1v) is 11.0. The molecule has 0 atom stereocenters. The second kappa shape index (κ2) is 12.9. The van der Waals surface area contributed by atoms with Gasteiger partial charge in [-0.05, 0) is 60.5 Å². The molecule has 7 nitrogen and oxygen atoms in total. The molecule has 0 aliphatic heterocycles. The quantitative estimate of drug-likeness (QED) is 0.411. The fourth-order valence-corrected chi connectivity index (χ4v) is 2.95. The maximum Gasteiger partial charge on any atom is 0.251 e. The summed E-state index contributed by atoms with van der Waals surface area (Å²) in [6.07, 6.45) is 3.77. The van der Waals surface area contributed by atoms with Gasteiger partial charge in [-0.25, -0.2) is 0 Å². The highest BCUT2D eigenvalue weighted by molar-refractivity contribution is 5.96. The molecule has 3 aromatic rings. The summed E-state index contributed by atoms with van der Waals surface area (Å²) >= 11 is 0. The van der Waals surface area contributed by atoms with Crippen molar-refractivity contribution in [1.29, 1.82) is 0 Å². The summed E-state index contributed by atoms with van der Waals surface area (Å²) in [5.74, 6) is 0.838. The molecule has 0 unspecified atom stereocenters. The van der Waals surface area contributed by atoms with E-state index < -0.39 is 0 Å². The highest BCUT2D eigenvalue weighted by atomic mass is 16.5. The lowest BCUT2D eigenvalue weighted by atomic mass is 10.2. The van der Waals surface area contributed by atoms with E-state index in [1.54, 1.807) is 30.5 Å². The Morgan fingerprint density at radius 3 is 2.52 bits per heavy atom. The average Bonchev–Trinajstić information content (AvgIpc) is 2.86. The van der Waals surface area contributed by atoms with Crippen molar-refractivity contribution in [2.75, 3.05) is 13.2 Å². The Balaban J connectivity index is 1.39. The van der Waals surface area contributed by atoms with E-state index in [2.05, 4.69) is 22.5 Å². The van der Waals surface area contributed by atoms with Gasteiger partial charge >= 0.3 is 0 Å². The van der Waals surface area contributed by atoms with Crippen molar-refractivity contribution in [2.24, 2.45) is 0 Å². The number of hydrogen-bond acceptors (Lipinski definition) is 5. The van der Waals surface area contributed by atoms with E-state index in [0.717, 1.165) is 29.8 Å². The van der Waals surface area contributed by atoms with E-state index in [4.69, 9.17) is 9.47 Å². The summed E-state index contributed by atoms with van der Waals surface area (Å²) in [7, 11) is 0. The molecule has 0 aliphatic carbocycles. The number of nitrogens with zero attached hydrogens (tertiary/aromatic N) is 1. The lowest BCUT2D eigenvalue weighted by Crippen LogP contribution is -2.36. The highest BCUT2D eigenvalue weighted by Gasteiger charge is 2.09. The molecule has 0 saturated carbocycles. The van der Waals surface area contributed by atoms with E-state index in [0.29, 0.717) is 31.1 Å². The Morgan fingerprint density at radius 2 is 1.76 bits per heavy atom. The van der Waals surface area contributed by atoms with Gasteiger partial charge in [0.15, 0.2) is 0 Å². The number of rotatable bonds is 12. The Morgan fingerprint density at radius 1 is 0.909 bits per heavy atom. The molecule has 2 aromatic carbocycles. The second-order valence-corrected chi connectivity index (χ2v) is 7.44. The smallest absolute Gasteiger partial charge is 0.251 e. The average molecular weight is 448 g/mol. The lowest BCUT2D eigenvalue weighted by molar-refractivity contribution is -0.120. The van der Waals surface area contributed by atoms with Crippen LogP contribution in [-0.2, 0) is 17.9 Å². The maximum absolute atomic E-state index is 12.3. The van der Waals surface area contributed by atoms with Crippen LogP contribution in [0.4, 0.5) is 0 Å². The van der Waals surface area contributed by atoms with Gasteiger partial charge in [-0.15, -0.1) is 0 Å². The van der Waals surface area contributed by atoms with E-state index in [1.165, 1.54) is 0 Å². The molecule has 0 saturated heterocycles. The van der Waals surface area contributed by atoms with Gasteiger partial charge < -0.3 is 20.1 Å². The van der Waals surface area contributed by atoms with Gasteiger partial charge in [-0.3, -0.25) is 14.6 Å². The first-order chi connectivity index (χ1) is 16.1. The number of benzene rings is 2. The van der Waals surface area contributed by atoms with Crippen LogP contribution in [0.25, 0.3) is 0 Å². The van der Waals surface area contributed by atoms with Crippen LogP contribution in [0, 0.1) is 0 Å². The molecule has 1 heterocycles. The molecular formula is C26H29N3O4. The molecule has 7 heteroatoms. The molecule has 0 fully saturated rings. The van der Waals surface area contributed by atoms with Crippen LogP contribution in [0.3, 0.4) is 0 Å². The van der Waals surface area contributed by atoms with Crippen LogP contribution in [-0.4, -0.2) is 29.9 Å². The minimum atomic E-state index is -0.310. The maximum atomic E-state index is 12.3. The molecule has 172 valence electrons. The standard InChI is InChI=1S/C26H29N3O4/c1-2-3-15-32-23-12-10-21(11-13-23)26(31)29-18-25(30)28-17-20-7-6-9-24(16-20)33-19-22-8-4-5-14-27-22/h4-14,16H,2-3,15,17-19H2,1H3,(H,28,30)(H,29,31). The third-order valence-electron chi connectivity index (χ3n) is 4.79. The number of nitrogens with one attached hydrogen (secondary N) is 2. The second-order valence-electron chi connectivity index (χ2n) is 7.44. The van der Waals surface area contributed by atoms with Crippen LogP contribution >= 0.6 is 0 Å². The van der Waals surface area contributed by atoms with Crippen molar-refractivity contribution in [3.8, 4) is 11.5 Å². The predicted octanol–water partition coefficient (Wildman–Crippen LogP) is 3.89. The van der Waals surface area contributed by atoms with Gasteiger partial charge in [-0.2, -0.15) is 0 Å². The number of amides is 2. The van der Waals surface area contributed by atoms with Crippen molar-refractivity contribution >= 4 is 11.8 Å². The number of pyridine rings is 1. The summed E-state index contributed by atoms with van der Waals surface area (Å²) in [5, 5.41) is 5.44. The SMILES string of the molecule is CCCCOc1ccc(C(=O)NCC(=O)NCc2cccc(OCc3ccccn3)c2)cc1. The van der Waals surface area contributed by atoms with Gasteiger partial charge in [0.1, 0.15) is 18.1 Å². The number of hydrogen-bond donors (Lipinski definition) is 2. The van der Waals surface area contributed by atoms with Crippen LogP contribution < -0.4 is 20.1 Å². The van der Waals surface area contributed by atoms with E-state index in [1.807, 2.05) is 42.5 Å². The summed E-state index contributed by atoms with van der Waals surface area (Å²) in [6.45, 7) is 3.35. The normalized spacial score (nSPS) is 10.3. The van der Waals surface area contributed by atoms with Gasteiger partial charge in [0.05, 0.1) is 18.8 Å². The number of unbranched alkanes of at least 4 members (excludes halogenated alkanes) is 1. The Labute approximate surface area is 194 Å². The van der Waals surface area contributed by atoms with Gasteiger partial charge in [-0.1, -0.05) is 31.5 Å². The summed E-state index contributed by atoms with van der Waals surface area (Å²) < 4.78 is 11.4. The van der Waals surface area contributed by atoms with Crippen LogP contribution in [0.1, 0.15) is 41.4 Å². The zero-order valence-corrected chi connectivity index (χ0v) is 18.8. The number of carbonyl (C=O) groups excluding carboxylic acids is 2. The largest absolute Gasteiger partial charge is 0.494 e. The molecule has 0 radical (unpaired) electrons. The predicted molar refractivity (Wildman–Crippen MR) is 126 cm³/mol. The molecule has 33 heavy (non-hydrogen) atoms. The molecular weight excluding hydrogens is 418 g/mol. The molecule has 0 spiro atoms. The topological polar surface area (TPSA) is 89.5 Å². The fraction of sp³-hybridized carbons (Fsp3) is 0.269. The summed E-state index contributed by atoms with van der Waals surface area (Å²) in [6, 6.07) is 20.0. The number of aromatic nitrogens is 1. The van der Waals surface area contributed by atoms with Crippen molar-refractivity contribution in [3.63, 3.8) is 0 Å². The van der Waals surface area contributed by atoms with Crippen molar-refractivity contribution < 1.29 is 19.1 Å². The zero-order valence-electron chi connectivity index (χ0n) is 18.8. The van der Waals surface area contributed by atoms with Gasteiger partial charge in [0.2, 0.25) is 5.91 Å². The minimum Gasteiger partial charge on any atom is -0.494 e. The Hall–Kier alpha value is -3.87. The highest BCUT2D eigenvalue weighted by Crippen LogP contribution is 2.15. The molecule has 1 aromatic heterocycles. The first-order valence-electron chi connectivity index (χ1n) is 11.0. The molecule has 2 amide bonds. The fourth-order valence-electron chi connectivity index (χ4n) is 2.95. The minimum absolute atomic E-state index is 0.108. The Kier molecular flexibility index (Phi) is 9.27. The van der Waals surface area contributed by atoms with Gasteiger partial charge in [0, 0.05) is 18.3 Å². The van der Waals surface area contributed by atoms with Crippen LogP contribution in [0.15, 0.2) is 72.9 Å². The lowest BCUT2D eigenvalue weighted by Gasteiger charge is -2.10. The molecule has 0 bridgehead atoms. The van der Waals surface area contributed by atoms with Gasteiger partial charge in [0.25, 0.3) is 5.91 Å². The summed E-state index contributed by atoms with van der Waals surface area (Å²) in [4.78, 5) is 28.7. The van der Waals surface area contributed by atoms with E-state index >= 15 is 0 Å². The third kappa shape index (κ3) is 8.29. The van der Waals surface area contributed by atoms with E-state index in [-0.39, 0.29) is 18.4 Å². The molecule has 3 rings (SSSR count). The number of carbonyl (C=O) groups is 2. The van der Waals surface area contributed by atoms with E-state index in [9.17, 15) is 9.59 Å². The summed E-state index contributed by atoms with van der Waals surface area (Å²) in [5.41, 5.74) is 2.21. The van der Waals surface area contributed by atoms with Crippen molar-refractivity contribution in [3.05, 3.63) is 89.7 Å². The Bertz CT molecular complexity index is 1020. The van der Waals surface area contributed by atoms with Crippen LogP contribution in [0.5, 0.6) is 11.5 Å². The third-order valence-corrected chi connectivity index (χ3v) is 4.79. The van der Waals surface area contributed by atoms with Crippen LogP contribution in [0.2, 0.25) is 0 Å². The van der Waals surface area contributed by atoms with Crippen molar-refractivity contribution in [2.45, 2.75) is 32.9 Å². The van der Waals surface area contributed by atoms with Crippen molar-refractivity contribution in [1.82, 2.24) is 15.6 Å².